The van der Waals surface area contributed by atoms with Crippen LogP contribution in [0.4, 0.5) is 0 Å². The summed E-state index contributed by atoms with van der Waals surface area (Å²) in [5.41, 5.74) is 2.91. The zero-order valence-corrected chi connectivity index (χ0v) is 14.7. The molecule has 0 spiro atoms. The van der Waals surface area contributed by atoms with Crippen LogP contribution >= 0.6 is 0 Å². The third-order valence-electron chi connectivity index (χ3n) is 4.50. The van der Waals surface area contributed by atoms with Crippen molar-refractivity contribution in [3.05, 3.63) is 95.8 Å². The quantitative estimate of drug-likeness (QED) is 0.580. The topological polar surface area (TPSA) is 56.3 Å². The number of aliphatic hydroxyl groups is 1. The Morgan fingerprint density at radius 2 is 1.46 bits per heavy atom. The first-order valence-electron chi connectivity index (χ1n) is 8.85. The molecule has 0 saturated carbocycles. The van der Waals surface area contributed by atoms with Crippen molar-refractivity contribution in [1.29, 1.82) is 0 Å². The first-order valence-corrected chi connectivity index (χ1v) is 8.85. The van der Waals surface area contributed by atoms with Crippen molar-refractivity contribution in [3.63, 3.8) is 0 Å². The lowest BCUT2D eigenvalue weighted by Crippen LogP contribution is -2.38. The summed E-state index contributed by atoms with van der Waals surface area (Å²) in [5, 5.41) is 9.99. The van der Waals surface area contributed by atoms with E-state index in [0.29, 0.717) is 18.8 Å². The average molecular weight is 348 g/mol. The number of aromatic nitrogens is 1. The van der Waals surface area contributed by atoms with Crippen LogP contribution in [0.3, 0.4) is 0 Å². The van der Waals surface area contributed by atoms with E-state index in [9.17, 15) is 9.90 Å². The third kappa shape index (κ3) is 4.91. The second kappa shape index (κ2) is 9.13. The Balaban J connectivity index is 1.78. The van der Waals surface area contributed by atoms with Crippen molar-refractivity contribution in [2.75, 3.05) is 6.61 Å². The zero-order valence-electron chi connectivity index (χ0n) is 14.7. The number of carbonyl (C=O) groups is 1. The maximum absolute atomic E-state index is 12.5. The fraction of sp³-hybridized carbons (Fsp3) is 0.227. The second-order valence-electron chi connectivity index (χ2n) is 6.42. The highest BCUT2D eigenvalue weighted by molar-refractivity contribution is 5.94. The van der Waals surface area contributed by atoms with Crippen molar-refractivity contribution >= 4 is 5.78 Å². The van der Waals surface area contributed by atoms with Crippen LogP contribution in [0, 0.1) is 0 Å². The third-order valence-corrected chi connectivity index (χ3v) is 4.50. The highest BCUT2D eigenvalue weighted by Crippen LogP contribution is 2.17. The lowest BCUT2D eigenvalue weighted by molar-refractivity contribution is 0.0776. The Hall–Kier alpha value is -2.69. The molecule has 134 valence electrons. The molecule has 4 nitrogen and oxygen atoms in total. The minimum absolute atomic E-state index is 0.0140. The lowest BCUT2D eigenvalue weighted by Gasteiger charge is -2.30. The van der Waals surface area contributed by atoms with E-state index in [-0.39, 0.29) is 24.9 Å². The van der Waals surface area contributed by atoms with Crippen LogP contribution in [0.2, 0.25) is 0 Å². The van der Waals surface area contributed by atoms with E-state index in [1.54, 1.807) is 12.3 Å². The molecular formula is C22H24N2O2. The SMILES string of the molecule is O=C(C[C@H](CO)N(Cc1ccccc1)Cc1ccccc1)c1ccc[nH]1. The number of aliphatic hydroxyl groups excluding tert-OH is 1. The first-order chi connectivity index (χ1) is 12.8. The average Bonchev–Trinajstić information content (AvgIpc) is 3.22. The molecule has 4 heteroatoms. The lowest BCUT2D eigenvalue weighted by atomic mass is 10.0. The number of hydrogen-bond acceptors (Lipinski definition) is 3. The van der Waals surface area contributed by atoms with E-state index in [1.807, 2.05) is 42.5 Å². The number of nitrogens with zero attached hydrogens (tertiary/aromatic N) is 1. The second-order valence-corrected chi connectivity index (χ2v) is 6.42. The Bertz CT molecular complexity index is 744. The molecule has 0 aliphatic carbocycles. The Morgan fingerprint density at radius 1 is 0.885 bits per heavy atom. The first kappa shape index (κ1) is 18.1. The summed E-state index contributed by atoms with van der Waals surface area (Å²) in [7, 11) is 0. The fourth-order valence-electron chi connectivity index (χ4n) is 3.09. The van der Waals surface area contributed by atoms with E-state index < -0.39 is 0 Å². The van der Waals surface area contributed by atoms with Crippen molar-refractivity contribution in [1.82, 2.24) is 9.88 Å². The number of hydrogen-bond donors (Lipinski definition) is 2. The predicted molar refractivity (Wildman–Crippen MR) is 103 cm³/mol. The molecule has 0 bridgehead atoms. The highest BCUT2D eigenvalue weighted by atomic mass is 16.3. The molecule has 26 heavy (non-hydrogen) atoms. The van der Waals surface area contributed by atoms with Gasteiger partial charge in [0.2, 0.25) is 0 Å². The molecule has 0 aliphatic rings. The molecule has 2 N–H and O–H groups in total. The highest BCUT2D eigenvalue weighted by Gasteiger charge is 2.22. The number of nitrogens with one attached hydrogen (secondary N) is 1. The van der Waals surface area contributed by atoms with Crippen molar-refractivity contribution in [3.8, 4) is 0 Å². The van der Waals surface area contributed by atoms with Crippen LogP contribution in [0.25, 0.3) is 0 Å². The van der Waals surface area contributed by atoms with Gasteiger partial charge in [0.25, 0.3) is 0 Å². The van der Waals surface area contributed by atoms with Gasteiger partial charge in [0.1, 0.15) is 0 Å². The van der Waals surface area contributed by atoms with E-state index in [0.717, 1.165) is 11.1 Å². The molecule has 0 unspecified atom stereocenters. The van der Waals surface area contributed by atoms with E-state index in [4.69, 9.17) is 0 Å². The molecule has 0 aliphatic heterocycles. The summed E-state index contributed by atoms with van der Waals surface area (Å²) in [6.07, 6.45) is 2.02. The summed E-state index contributed by atoms with van der Waals surface area (Å²) in [6.45, 7) is 1.30. The van der Waals surface area contributed by atoms with Gasteiger partial charge in [0, 0.05) is 31.7 Å². The maximum Gasteiger partial charge on any atom is 0.180 e. The smallest absolute Gasteiger partial charge is 0.180 e. The van der Waals surface area contributed by atoms with Crippen molar-refractivity contribution in [2.45, 2.75) is 25.6 Å². The largest absolute Gasteiger partial charge is 0.395 e. The van der Waals surface area contributed by atoms with Gasteiger partial charge in [-0.15, -0.1) is 0 Å². The Morgan fingerprint density at radius 3 is 1.92 bits per heavy atom. The normalized spacial score (nSPS) is 12.2. The van der Waals surface area contributed by atoms with Gasteiger partial charge in [-0.25, -0.2) is 0 Å². The summed E-state index contributed by atoms with van der Waals surface area (Å²) in [5.74, 6) is 0.0140. The predicted octanol–water partition coefficient (Wildman–Crippen LogP) is 3.65. The van der Waals surface area contributed by atoms with Gasteiger partial charge < -0.3 is 10.1 Å². The van der Waals surface area contributed by atoms with E-state index >= 15 is 0 Å². The Labute approximate surface area is 154 Å². The fourth-order valence-corrected chi connectivity index (χ4v) is 3.09. The molecule has 3 rings (SSSR count). The molecule has 0 fully saturated rings. The van der Waals surface area contributed by atoms with Crippen LogP contribution in [0.15, 0.2) is 79.0 Å². The number of rotatable bonds is 9. The van der Waals surface area contributed by atoms with Gasteiger partial charge in [-0.1, -0.05) is 60.7 Å². The summed E-state index contributed by atoms with van der Waals surface area (Å²) in [6, 6.07) is 23.6. The molecule has 1 heterocycles. The summed E-state index contributed by atoms with van der Waals surface area (Å²) >= 11 is 0. The van der Waals surface area contributed by atoms with E-state index in [2.05, 4.69) is 34.1 Å². The molecule has 1 atom stereocenters. The van der Waals surface area contributed by atoms with Crippen molar-refractivity contribution < 1.29 is 9.90 Å². The number of ketones is 1. The van der Waals surface area contributed by atoms with Gasteiger partial charge in [-0.2, -0.15) is 0 Å². The van der Waals surface area contributed by atoms with Gasteiger partial charge in [0.15, 0.2) is 5.78 Å². The minimum Gasteiger partial charge on any atom is -0.395 e. The summed E-state index contributed by atoms with van der Waals surface area (Å²) < 4.78 is 0. The molecule has 0 amide bonds. The number of aromatic amines is 1. The Kier molecular flexibility index (Phi) is 6.36. The van der Waals surface area contributed by atoms with Crippen molar-refractivity contribution in [2.24, 2.45) is 0 Å². The van der Waals surface area contributed by atoms with Crippen LogP contribution in [-0.4, -0.2) is 33.4 Å². The number of benzene rings is 2. The zero-order chi connectivity index (χ0) is 18.2. The van der Waals surface area contributed by atoms with Gasteiger partial charge in [-0.3, -0.25) is 9.69 Å². The van der Waals surface area contributed by atoms with Crippen LogP contribution < -0.4 is 0 Å². The van der Waals surface area contributed by atoms with Gasteiger partial charge in [0.05, 0.1) is 12.3 Å². The number of H-pyrrole nitrogens is 1. The van der Waals surface area contributed by atoms with Crippen LogP contribution in [-0.2, 0) is 13.1 Å². The van der Waals surface area contributed by atoms with Gasteiger partial charge in [-0.05, 0) is 23.3 Å². The van der Waals surface area contributed by atoms with E-state index in [1.165, 1.54) is 0 Å². The molecule has 0 radical (unpaired) electrons. The molecule has 3 aromatic rings. The standard InChI is InChI=1S/C22H24N2O2/c25-17-20(14-22(26)21-12-7-13-23-21)24(15-18-8-3-1-4-9-18)16-19-10-5-2-6-11-19/h1-13,20,23,25H,14-17H2/t20-/m1/s1. The monoisotopic (exact) mass is 348 g/mol. The minimum atomic E-state index is -0.244. The maximum atomic E-state index is 12.5. The molecule has 2 aromatic carbocycles. The number of carbonyl (C=O) groups excluding carboxylic acids is 1. The van der Waals surface area contributed by atoms with Crippen LogP contribution in [0.5, 0.6) is 0 Å². The summed E-state index contributed by atoms with van der Waals surface area (Å²) in [4.78, 5) is 17.6. The van der Waals surface area contributed by atoms with Gasteiger partial charge >= 0.3 is 0 Å². The molecule has 0 saturated heterocycles. The number of Topliss-reactive ketones (excluding diaryl/α,β-unsaturated/α-hetero) is 1. The molecular weight excluding hydrogens is 324 g/mol. The van der Waals surface area contributed by atoms with Crippen LogP contribution in [0.1, 0.15) is 28.0 Å². The molecule has 1 aromatic heterocycles.